The Morgan fingerprint density at radius 2 is 1.76 bits per heavy atom. The van der Waals surface area contributed by atoms with Crippen LogP contribution in [0.1, 0.15) is 17.3 Å². The first-order valence-electron chi connectivity index (χ1n) is 5.39. The van der Waals surface area contributed by atoms with Crippen molar-refractivity contribution < 1.29 is 14.0 Å². The fraction of sp³-hybridized carbons (Fsp3) is 0.333. The Labute approximate surface area is 102 Å². The van der Waals surface area contributed by atoms with Gasteiger partial charge in [-0.25, -0.2) is 4.79 Å². The molecular weight excluding hydrogens is 234 g/mol. The minimum absolute atomic E-state index is 0.210. The molecule has 0 heterocycles. The maximum Gasteiger partial charge on any atom is 0.326 e. The quantitative estimate of drug-likeness (QED) is 0.840. The van der Waals surface area contributed by atoms with Gasteiger partial charge in [-0.2, -0.15) is 0 Å². The van der Waals surface area contributed by atoms with E-state index in [1.54, 1.807) is 24.3 Å². The molecule has 92 valence electrons. The van der Waals surface area contributed by atoms with Crippen LogP contribution in [0.4, 0.5) is 5.69 Å². The highest BCUT2D eigenvalue weighted by Crippen LogP contribution is 2.18. The van der Waals surface area contributed by atoms with Crippen molar-refractivity contribution in [1.29, 1.82) is 0 Å². The number of nitrogens with one attached hydrogen (secondary N) is 1. The molecule has 1 N–H and O–H groups in total. The smallest absolute Gasteiger partial charge is 0.326 e. The zero-order valence-corrected chi connectivity index (χ0v) is 11.5. The van der Waals surface area contributed by atoms with Gasteiger partial charge in [-0.3, -0.25) is 4.79 Å². The fourth-order valence-corrected chi connectivity index (χ4v) is 1.96. The molecule has 0 radical (unpaired) electrons. The molecule has 0 aromatic heterocycles. The van der Waals surface area contributed by atoms with E-state index in [4.69, 9.17) is 4.43 Å². The highest BCUT2D eigenvalue weighted by molar-refractivity contribution is 6.71. The molecule has 0 atom stereocenters. The molecule has 0 aliphatic heterocycles. The van der Waals surface area contributed by atoms with Crippen LogP contribution in [0, 0.1) is 0 Å². The lowest BCUT2D eigenvalue weighted by molar-refractivity contribution is -0.114. The van der Waals surface area contributed by atoms with Crippen LogP contribution >= 0.6 is 0 Å². The van der Waals surface area contributed by atoms with Crippen molar-refractivity contribution in [2.45, 2.75) is 26.6 Å². The Balaban J connectivity index is 2.97. The molecule has 1 aromatic carbocycles. The molecular formula is C12H17NO3Si. The number of carbonyl (C=O) groups is 2. The van der Waals surface area contributed by atoms with Gasteiger partial charge in [-0.15, -0.1) is 0 Å². The minimum atomic E-state index is -1.93. The van der Waals surface area contributed by atoms with Gasteiger partial charge in [0.1, 0.15) is 0 Å². The topological polar surface area (TPSA) is 55.4 Å². The molecule has 0 saturated heterocycles. The molecule has 5 heteroatoms. The summed E-state index contributed by atoms with van der Waals surface area (Å²) in [7, 11) is -1.93. The lowest BCUT2D eigenvalue weighted by Crippen LogP contribution is -2.29. The lowest BCUT2D eigenvalue weighted by Gasteiger charge is -2.18. The Hall–Kier alpha value is -1.62. The highest BCUT2D eigenvalue weighted by atomic mass is 28.4. The average molecular weight is 251 g/mol. The van der Waals surface area contributed by atoms with Gasteiger partial charge in [-0.1, -0.05) is 12.1 Å². The molecule has 0 saturated carbocycles. The van der Waals surface area contributed by atoms with Gasteiger partial charge in [0.2, 0.25) is 14.2 Å². The second-order valence-corrected chi connectivity index (χ2v) is 9.16. The zero-order chi connectivity index (χ0) is 13.1. The molecule has 1 amide bonds. The SMILES string of the molecule is CC(=O)Nc1ccccc1C(=O)O[Si](C)(C)C. The number of carbonyl (C=O) groups excluding carboxylic acids is 2. The van der Waals surface area contributed by atoms with Crippen molar-refractivity contribution >= 4 is 25.9 Å². The first-order chi connectivity index (χ1) is 7.79. The van der Waals surface area contributed by atoms with Crippen LogP contribution < -0.4 is 5.32 Å². The van der Waals surface area contributed by atoms with Crippen LogP contribution in [0.5, 0.6) is 0 Å². The summed E-state index contributed by atoms with van der Waals surface area (Å²) in [5.41, 5.74) is 0.883. The van der Waals surface area contributed by atoms with Crippen molar-refractivity contribution in [3.8, 4) is 0 Å². The third-order valence-electron chi connectivity index (χ3n) is 1.86. The van der Waals surface area contributed by atoms with E-state index >= 15 is 0 Å². The third-order valence-corrected chi connectivity index (χ3v) is 2.65. The molecule has 0 fully saturated rings. The number of hydrogen-bond donors (Lipinski definition) is 1. The van der Waals surface area contributed by atoms with Gasteiger partial charge in [0.25, 0.3) is 0 Å². The van der Waals surface area contributed by atoms with E-state index in [1.165, 1.54) is 6.92 Å². The van der Waals surface area contributed by atoms with Gasteiger partial charge in [0.15, 0.2) is 0 Å². The predicted molar refractivity (Wildman–Crippen MR) is 69.5 cm³/mol. The van der Waals surface area contributed by atoms with Crippen molar-refractivity contribution in [1.82, 2.24) is 0 Å². The first-order valence-corrected chi connectivity index (χ1v) is 8.80. The van der Waals surface area contributed by atoms with Gasteiger partial charge in [0, 0.05) is 6.92 Å². The van der Waals surface area contributed by atoms with Crippen molar-refractivity contribution in [3.63, 3.8) is 0 Å². The van der Waals surface area contributed by atoms with E-state index in [9.17, 15) is 9.59 Å². The van der Waals surface area contributed by atoms with Crippen LogP contribution in [-0.4, -0.2) is 20.2 Å². The molecule has 0 aliphatic rings. The van der Waals surface area contributed by atoms with Crippen molar-refractivity contribution in [3.05, 3.63) is 29.8 Å². The maximum atomic E-state index is 11.9. The van der Waals surface area contributed by atoms with Crippen molar-refractivity contribution in [2.24, 2.45) is 0 Å². The Morgan fingerprint density at radius 3 is 2.29 bits per heavy atom. The summed E-state index contributed by atoms with van der Waals surface area (Å²) in [6, 6.07) is 6.83. The molecule has 1 rings (SSSR count). The van der Waals surface area contributed by atoms with Gasteiger partial charge >= 0.3 is 5.97 Å². The number of rotatable bonds is 3. The minimum Gasteiger partial charge on any atom is -0.516 e. The highest BCUT2D eigenvalue weighted by Gasteiger charge is 2.22. The van der Waals surface area contributed by atoms with Gasteiger partial charge in [0.05, 0.1) is 11.3 Å². The summed E-state index contributed by atoms with van der Waals surface area (Å²) in [6.45, 7) is 7.21. The van der Waals surface area contributed by atoms with Crippen molar-refractivity contribution in [2.75, 3.05) is 5.32 Å². The summed E-state index contributed by atoms with van der Waals surface area (Å²) in [5.74, 6) is -0.591. The van der Waals surface area contributed by atoms with Gasteiger partial charge in [-0.05, 0) is 31.8 Å². The Morgan fingerprint density at radius 1 is 1.18 bits per heavy atom. The first kappa shape index (κ1) is 13.4. The number of para-hydroxylation sites is 1. The molecule has 0 bridgehead atoms. The van der Waals surface area contributed by atoms with Crippen LogP contribution in [0.3, 0.4) is 0 Å². The van der Waals surface area contributed by atoms with Gasteiger partial charge < -0.3 is 9.74 Å². The monoisotopic (exact) mass is 251 g/mol. The van der Waals surface area contributed by atoms with Crippen LogP contribution in [0.15, 0.2) is 24.3 Å². The fourth-order valence-electron chi connectivity index (χ4n) is 1.29. The third kappa shape index (κ3) is 4.40. The van der Waals surface area contributed by atoms with E-state index in [-0.39, 0.29) is 11.9 Å². The van der Waals surface area contributed by atoms with E-state index < -0.39 is 8.32 Å². The molecule has 1 aromatic rings. The number of anilines is 1. The summed E-state index contributed by atoms with van der Waals surface area (Å²) in [5, 5.41) is 2.62. The zero-order valence-electron chi connectivity index (χ0n) is 10.5. The second kappa shape index (κ2) is 5.14. The number of hydrogen-bond acceptors (Lipinski definition) is 3. The summed E-state index contributed by atoms with van der Waals surface area (Å²) >= 11 is 0. The average Bonchev–Trinajstić information content (AvgIpc) is 2.14. The van der Waals surface area contributed by atoms with E-state index in [2.05, 4.69) is 5.32 Å². The molecule has 0 aliphatic carbocycles. The normalized spacial score (nSPS) is 10.8. The summed E-state index contributed by atoms with van der Waals surface area (Å²) in [4.78, 5) is 22.9. The van der Waals surface area contributed by atoms with E-state index in [1.807, 2.05) is 19.6 Å². The lowest BCUT2D eigenvalue weighted by atomic mass is 10.2. The molecule has 0 unspecified atom stereocenters. The van der Waals surface area contributed by atoms with Crippen LogP contribution in [0.2, 0.25) is 19.6 Å². The molecule has 17 heavy (non-hydrogen) atoms. The second-order valence-electron chi connectivity index (χ2n) is 4.73. The summed E-state index contributed by atoms with van der Waals surface area (Å²) < 4.78 is 5.39. The molecule has 4 nitrogen and oxygen atoms in total. The van der Waals surface area contributed by atoms with Crippen LogP contribution in [0.25, 0.3) is 0 Å². The molecule has 0 spiro atoms. The largest absolute Gasteiger partial charge is 0.516 e. The number of amides is 1. The standard InChI is InChI=1S/C12H17NO3Si/c1-9(14)13-11-8-6-5-7-10(11)12(15)16-17(2,3)4/h5-8H,1-4H3,(H,13,14). The predicted octanol–water partition coefficient (Wildman–Crippen LogP) is 2.64. The Kier molecular flexibility index (Phi) is 4.06. The maximum absolute atomic E-state index is 11.9. The number of benzene rings is 1. The van der Waals surface area contributed by atoms with E-state index in [0.29, 0.717) is 11.3 Å². The summed E-state index contributed by atoms with van der Waals surface area (Å²) in [6.07, 6.45) is 0. The van der Waals surface area contributed by atoms with Crippen LogP contribution in [-0.2, 0) is 9.22 Å². The van der Waals surface area contributed by atoms with E-state index in [0.717, 1.165) is 0 Å². The Bertz CT molecular complexity index is 438.